The topological polar surface area (TPSA) is 89.9 Å². The van der Waals surface area contributed by atoms with E-state index in [1.54, 1.807) is 24.3 Å². The first-order chi connectivity index (χ1) is 17.3. The molecule has 0 spiro atoms. The lowest BCUT2D eigenvalue weighted by Gasteiger charge is -2.13. The van der Waals surface area contributed by atoms with E-state index in [0.717, 1.165) is 40.2 Å². The van der Waals surface area contributed by atoms with Crippen molar-refractivity contribution in [3.63, 3.8) is 0 Å². The summed E-state index contributed by atoms with van der Waals surface area (Å²) in [6.07, 6.45) is 0.762. The Labute approximate surface area is 212 Å². The Balaban J connectivity index is 1.62. The molecule has 0 bridgehead atoms. The molecular weight excluding hydrogens is 476 g/mol. The predicted molar refractivity (Wildman–Crippen MR) is 142 cm³/mol. The quantitative estimate of drug-likeness (QED) is 0.317. The van der Waals surface area contributed by atoms with Crippen LogP contribution < -0.4 is 5.43 Å². The number of nitrogens with one attached hydrogen (secondary N) is 1. The number of hydrogen-bond donors (Lipinski definition) is 1. The highest BCUT2D eigenvalue weighted by atomic mass is 35.5. The van der Waals surface area contributed by atoms with E-state index in [2.05, 4.69) is 16.5 Å². The number of ether oxygens (including phenoxy) is 1. The minimum absolute atomic E-state index is 0.0197. The third-order valence-electron chi connectivity index (χ3n) is 6.37. The van der Waals surface area contributed by atoms with E-state index in [1.165, 1.54) is 7.11 Å². The van der Waals surface area contributed by atoms with Gasteiger partial charge in [0.2, 0.25) is 5.43 Å². The van der Waals surface area contributed by atoms with Gasteiger partial charge in [-0.3, -0.25) is 4.79 Å². The molecule has 0 fully saturated rings. The molecule has 0 amide bonds. The van der Waals surface area contributed by atoms with Crippen molar-refractivity contribution in [2.45, 2.75) is 33.7 Å². The number of aromatic amines is 1. The molecule has 5 aromatic rings. The number of rotatable bonds is 5. The summed E-state index contributed by atoms with van der Waals surface area (Å²) in [6.45, 7) is 6.61. The molecule has 5 rings (SSSR count). The van der Waals surface area contributed by atoms with Crippen molar-refractivity contribution in [3.8, 4) is 11.3 Å². The van der Waals surface area contributed by atoms with Crippen LogP contribution in [0.2, 0.25) is 5.02 Å². The molecule has 1 N–H and O–H groups in total. The van der Waals surface area contributed by atoms with Gasteiger partial charge in [-0.2, -0.15) is 0 Å². The fraction of sp³-hybridized carbons (Fsp3) is 0.214. The van der Waals surface area contributed by atoms with Crippen LogP contribution in [0.3, 0.4) is 0 Å². The minimum Gasteiger partial charge on any atom is -0.465 e. The molecular formula is C28H25ClN4O3. The Morgan fingerprint density at radius 3 is 2.64 bits per heavy atom. The number of carbonyl (C=O) groups is 1. The van der Waals surface area contributed by atoms with E-state index in [-0.39, 0.29) is 10.5 Å². The molecule has 0 atom stereocenters. The number of nitrogens with zero attached hydrogens (tertiary/aromatic N) is 3. The number of carbonyl (C=O) groups excluding carboxylic acids is 1. The maximum absolute atomic E-state index is 13.4. The fourth-order valence-electron chi connectivity index (χ4n) is 4.65. The third kappa shape index (κ3) is 3.95. The Morgan fingerprint density at radius 1 is 1.11 bits per heavy atom. The van der Waals surface area contributed by atoms with Crippen molar-refractivity contribution in [2.75, 3.05) is 7.11 Å². The van der Waals surface area contributed by atoms with E-state index in [0.29, 0.717) is 34.3 Å². The summed E-state index contributed by atoms with van der Waals surface area (Å²) in [5, 5.41) is 0.492. The van der Waals surface area contributed by atoms with Gasteiger partial charge in [0.1, 0.15) is 16.4 Å². The van der Waals surface area contributed by atoms with E-state index in [4.69, 9.17) is 26.3 Å². The minimum atomic E-state index is -0.503. The number of imidazole rings is 1. The van der Waals surface area contributed by atoms with Gasteiger partial charge in [-0.25, -0.2) is 14.8 Å². The summed E-state index contributed by atoms with van der Waals surface area (Å²) in [4.78, 5) is 38.4. The summed E-state index contributed by atoms with van der Waals surface area (Å²) in [7, 11) is 1.32. The second-order valence-electron chi connectivity index (χ2n) is 8.78. The van der Waals surface area contributed by atoms with Crippen LogP contribution in [0.5, 0.6) is 0 Å². The highest BCUT2D eigenvalue weighted by Crippen LogP contribution is 2.30. The van der Waals surface area contributed by atoms with Crippen LogP contribution in [0.25, 0.3) is 33.3 Å². The Bertz CT molecular complexity index is 1720. The average Bonchev–Trinajstić information content (AvgIpc) is 3.23. The molecule has 0 aliphatic heterocycles. The van der Waals surface area contributed by atoms with Crippen molar-refractivity contribution in [1.29, 1.82) is 0 Å². The lowest BCUT2D eigenvalue weighted by Crippen LogP contribution is -2.10. The summed E-state index contributed by atoms with van der Waals surface area (Å²) in [5.74, 6) is 0.435. The average molecular weight is 501 g/mol. The molecule has 0 aliphatic carbocycles. The number of esters is 1. The molecule has 0 saturated heterocycles. The first kappa shape index (κ1) is 23.8. The van der Waals surface area contributed by atoms with Gasteiger partial charge in [0.05, 0.1) is 24.9 Å². The second-order valence-corrected chi connectivity index (χ2v) is 9.16. The van der Waals surface area contributed by atoms with E-state index in [1.807, 2.05) is 38.1 Å². The van der Waals surface area contributed by atoms with Gasteiger partial charge in [0.15, 0.2) is 5.65 Å². The zero-order valence-electron chi connectivity index (χ0n) is 20.5. The second kappa shape index (κ2) is 9.24. The van der Waals surface area contributed by atoms with Crippen LogP contribution in [-0.4, -0.2) is 32.6 Å². The van der Waals surface area contributed by atoms with Gasteiger partial charge in [-0.1, -0.05) is 42.8 Å². The lowest BCUT2D eigenvalue weighted by molar-refractivity contribution is 0.0601. The largest absolute Gasteiger partial charge is 0.465 e. The maximum Gasteiger partial charge on any atom is 0.338 e. The molecule has 0 unspecified atom stereocenters. The number of methoxy groups -OCH3 is 1. The molecule has 2 aromatic carbocycles. The van der Waals surface area contributed by atoms with Gasteiger partial charge in [0.25, 0.3) is 0 Å². The van der Waals surface area contributed by atoms with Crippen LogP contribution in [0.1, 0.15) is 39.9 Å². The van der Waals surface area contributed by atoms with Crippen molar-refractivity contribution in [3.05, 3.63) is 92.0 Å². The molecule has 0 aliphatic rings. The first-order valence-corrected chi connectivity index (χ1v) is 12.1. The number of pyridine rings is 2. The van der Waals surface area contributed by atoms with Crippen LogP contribution in [0.15, 0.2) is 53.3 Å². The van der Waals surface area contributed by atoms with Crippen molar-refractivity contribution >= 4 is 39.6 Å². The monoisotopic (exact) mass is 500 g/mol. The zero-order chi connectivity index (χ0) is 25.6. The number of aryl methyl sites for hydroxylation is 3. The van der Waals surface area contributed by atoms with E-state index >= 15 is 0 Å². The number of H-pyrrole nitrogens is 1. The fourth-order valence-corrected chi connectivity index (χ4v) is 4.90. The van der Waals surface area contributed by atoms with E-state index in [9.17, 15) is 9.59 Å². The molecule has 0 radical (unpaired) electrons. The normalized spacial score (nSPS) is 11.4. The zero-order valence-corrected chi connectivity index (χ0v) is 21.2. The molecule has 0 saturated carbocycles. The van der Waals surface area contributed by atoms with Gasteiger partial charge < -0.3 is 14.3 Å². The molecule has 182 valence electrons. The molecule has 7 nitrogen and oxygen atoms in total. The van der Waals surface area contributed by atoms with Gasteiger partial charge in [-0.05, 0) is 49.2 Å². The standard InChI is InChI=1S/C28H25ClN4O3/c1-5-22-32-24-15(2)12-16(3)30-27(24)33(22)14-17-10-11-21-20(13-17)26(34)23(29)25(31-21)18-8-6-7-9-19(18)28(35)36-4/h6-13H,5,14H2,1-4H3,(H,31,34). The predicted octanol–water partition coefficient (Wildman–Crippen LogP) is 5.61. The van der Waals surface area contributed by atoms with E-state index < -0.39 is 5.97 Å². The molecule has 3 heterocycles. The molecule has 36 heavy (non-hydrogen) atoms. The number of fused-ring (bicyclic) bond motifs is 2. The molecule has 8 heteroatoms. The summed E-state index contributed by atoms with van der Waals surface area (Å²) >= 11 is 6.56. The van der Waals surface area contributed by atoms with Gasteiger partial charge >= 0.3 is 5.97 Å². The number of hydrogen-bond acceptors (Lipinski definition) is 5. The Morgan fingerprint density at radius 2 is 1.89 bits per heavy atom. The highest BCUT2D eigenvalue weighted by Gasteiger charge is 2.19. The van der Waals surface area contributed by atoms with Crippen LogP contribution in [0.4, 0.5) is 0 Å². The summed E-state index contributed by atoms with van der Waals surface area (Å²) in [6, 6.07) is 14.6. The SMILES string of the molecule is CCc1nc2c(C)cc(C)nc2n1Cc1ccc2[nH]c(-c3ccccc3C(=O)OC)c(Cl)c(=O)c2c1. The highest BCUT2D eigenvalue weighted by molar-refractivity contribution is 6.33. The van der Waals surface area contributed by atoms with Crippen molar-refractivity contribution < 1.29 is 9.53 Å². The summed E-state index contributed by atoms with van der Waals surface area (Å²) < 4.78 is 7.00. The summed E-state index contributed by atoms with van der Waals surface area (Å²) in [5.41, 5.74) is 6.22. The van der Waals surface area contributed by atoms with Crippen LogP contribution >= 0.6 is 11.6 Å². The maximum atomic E-state index is 13.4. The van der Waals surface area contributed by atoms with Gasteiger partial charge in [0, 0.05) is 28.6 Å². The van der Waals surface area contributed by atoms with Crippen molar-refractivity contribution in [2.24, 2.45) is 0 Å². The Hall–Kier alpha value is -3.97. The number of benzene rings is 2. The van der Waals surface area contributed by atoms with Crippen LogP contribution in [0, 0.1) is 13.8 Å². The van der Waals surface area contributed by atoms with Gasteiger partial charge in [-0.15, -0.1) is 0 Å². The molecule has 3 aromatic heterocycles. The lowest BCUT2D eigenvalue weighted by atomic mass is 10.0. The first-order valence-electron chi connectivity index (χ1n) is 11.7. The van der Waals surface area contributed by atoms with Crippen LogP contribution in [-0.2, 0) is 17.7 Å². The Kier molecular flexibility index (Phi) is 6.10. The third-order valence-corrected chi connectivity index (χ3v) is 6.73. The number of aromatic nitrogens is 4. The smallest absolute Gasteiger partial charge is 0.338 e. The number of halogens is 1. The van der Waals surface area contributed by atoms with Crippen molar-refractivity contribution in [1.82, 2.24) is 19.5 Å².